The molecule has 2 heterocycles. The number of benzene rings is 2. The van der Waals surface area contributed by atoms with Gasteiger partial charge in [0.1, 0.15) is 4.88 Å². The standard InChI is InChI=1S/C27H29F3N4O2S2/c1-15-12-20(13-16(2)21(15)17-6-8-19(9-7-17)27(28,29)30)38-24(25(3,4)5)26(31-33-34-32-26)14-18-10-11-37-22(18)23(35)36/h6-13,24H,14H2,1-5H3,(H,31,34)(H,32,33)(H,35,36). The van der Waals surface area contributed by atoms with Crippen molar-refractivity contribution in [1.82, 2.24) is 11.0 Å². The highest BCUT2D eigenvalue weighted by Crippen LogP contribution is 2.46. The van der Waals surface area contributed by atoms with Crippen LogP contribution in [0.3, 0.4) is 0 Å². The second-order valence-electron chi connectivity index (χ2n) is 10.5. The molecule has 0 amide bonds. The number of thioether (sulfide) groups is 1. The Morgan fingerprint density at radius 2 is 1.74 bits per heavy atom. The van der Waals surface area contributed by atoms with E-state index in [-0.39, 0.29) is 15.5 Å². The van der Waals surface area contributed by atoms with Crippen LogP contribution in [0.25, 0.3) is 11.1 Å². The average Bonchev–Trinajstić information content (AvgIpc) is 3.46. The third-order valence-electron chi connectivity index (χ3n) is 6.43. The predicted octanol–water partition coefficient (Wildman–Crippen LogP) is 7.67. The zero-order chi connectivity index (χ0) is 27.9. The molecule has 38 heavy (non-hydrogen) atoms. The molecule has 2 aromatic carbocycles. The normalized spacial score (nSPS) is 18.4. The van der Waals surface area contributed by atoms with E-state index in [1.54, 1.807) is 17.1 Å². The number of alkyl halides is 3. The Hall–Kier alpha value is -2.89. The molecule has 202 valence electrons. The summed E-state index contributed by atoms with van der Waals surface area (Å²) in [6.07, 6.45) is -4.05. The molecule has 0 saturated heterocycles. The van der Waals surface area contributed by atoms with E-state index in [1.807, 2.05) is 32.0 Å². The largest absolute Gasteiger partial charge is 0.477 e. The van der Waals surface area contributed by atoms with Crippen molar-refractivity contribution in [3.63, 3.8) is 0 Å². The number of hydrogen-bond donors (Lipinski definition) is 3. The number of hydrogen-bond acceptors (Lipinski definition) is 7. The molecule has 6 nitrogen and oxygen atoms in total. The van der Waals surface area contributed by atoms with Crippen LogP contribution in [0.5, 0.6) is 0 Å². The smallest absolute Gasteiger partial charge is 0.416 e. The first-order valence-electron chi connectivity index (χ1n) is 11.9. The van der Waals surface area contributed by atoms with Crippen LogP contribution in [0.1, 0.15) is 52.7 Å². The topological polar surface area (TPSA) is 86.1 Å². The van der Waals surface area contributed by atoms with Crippen LogP contribution in [0.2, 0.25) is 0 Å². The number of aromatic carboxylic acids is 1. The fourth-order valence-corrected chi connectivity index (χ4v) is 7.16. The highest BCUT2D eigenvalue weighted by molar-refractivity contribution is 8.00. The predicted molar refractivity (Wildman–Crippen MR) is 144 cm³/mol. The van der Waals surface area contributed by atoms with E-state index in [0.29, 0.717) is 12.0 Å². The molecule has 3 aromatic rings. The lowest BCUT2D eigenvalue weighted by atomic mass is 9.81. The van der Waals surface area contributed by atoms with Crippen LogP contribution in [-0.4, -0.2) is 22.0 Å². The Kier molecular flexibility index (Phi) is 7.66. The summed E-state index contributed by atoms with van der Waals surface area (Å²) < 4.78 is 39.1. The fourth-order valence-electron chi connectivity index (χ4n) is 4.90. The Morgan fingerprint density at radius 3 is 2.24 bits per heavy atom. The number of carboxylic acids is 1. The van der Waals surface area contributed by atoms with Crippen molar-refractivity contribution in [2.45, 2.75) is 63.0 Å². The summed E-state index contributed by atoms with van der Waals surface area (Å²) in [4.78, 5) is 13.0. The molecular weight excluding hydrogens is 533 g/mol. The van der Waals surface area contributed by atoms with Gasteiger partial charge in [0, 0.05) is 11.3 Å². The van der Waals surface area contributed by atoms with E-state index < -0.39 is 23.4 Å². The van der Waals surface area contributed by atoms with Gasteiger partial charge in [-0.25, -0.2) is 10.3 Å². The van der Waals surface area contributed by atoms with Crippen molar-refractivity contribution in [3.8, 4) is 11.1 Å². The van der Waals surface area contributed by atoms with Gasteiger partial charge in [-0.15, -0.1) is 28.2 Å². The van der Waals surface area contributed by atoms with E-state index in [1.165, 1.54) is 23.5 Å². The van der Waals surface area contributed by atoms with Crippen molar-refractivity contribution in [1.29, 1.82) is 0 Å². The molecule has 4 rings (SSSR count). The van der Waals surface area contributed by atoms with E-state index in [0.717, 1.165) is 39.3 Å². The lowest BCUT2D eigenvalue weighted by molar-refractivity contribution is -0.137. The molecule has 0 fully saturated rings. The molecule has 1 aromatic heterocycles. The van der Waals surface area contributed by atoms with Gasteiger partial charge in [0.25, 0.3) is 0 Å². The molecule has 2 atom stereocenters. The highest BCUT2D eigenvalue weighted by atomic mass is 32.2. The molecule has 0 spiro atoms. The Morgan fingerprint density at radius 1 is 1.11 bits per heavy atom. The quantitative estimate of drug-likeness (QED) is 0.257. The molecule has 0 bridgehead atoms. The minimum absolute atomic E-state index is 0.175. The lowest BCUT2D eigenvalue weighted by Gasteiger charge is -2.41. The third-order valence-corrected chi connectivity index (χ3v) is 9.22. The number of hydrazine groups is 1. The summed E-state index contributed by atoms with van der Waals surface area (Å²) in [5, 5.41) is 19.8. The number of thiophene rings is 1. The van der Waals surface area contributed by atoms with Crippen LogP contribution in [0, 0.1) is 19.3 Å². The number of nitrogens with one attached hydrogen (secondary N) is 2. The van der Waals surface area contributed by atoms with Gasteiger partial charge < -0.3 is 5.11 Å². The summed E-state index contributed by atoms with van der Waals surface area (Å²) in [5.74, 6) is -0.974. The number of nitrogens with zero attached hydrogens (tertiary/aromatic N) is 2. The van der Waals surface area contributed by atoms with Crippen LogP contribution >= 0.6 is 23.1 Å². The van der Waals surface area contributed by atoms with Crippen molar-refractivity contribution in [2.75, 3.05) is 0 Å². The van der Waals surface area contributed by atoms with Gasteiger partial charge in [-0.2, -0.15) is 18.6 Å². The maximum Gasteiger partial charge on any atom is 0.416 e. The molecule has 0 aliphatic carbocycles. The van der Waals surface area contributed by atoms with E-state index in [2.05, 4.69) is 42.1 Å². The maximum atomic E-state index is 13.0. The first kappa shape index (κ1) is 28.1. The minimum Gasteiger partial charge on any atom is -0.477 e. The first-order valence-corrected chi connectivity index (χ1v) is 13.7. The van der Waals surface area contributed by atoms with Gasteiger partial charge in [0.15, 0.2) is 5.66 Å². The van der Waals surface area contributed by atoms with Crippen LogP contribution < -0.4 is 11.0 Å². The molecule has 0 radical (unpaired) electrons. The van der Waals surface area contributed by atoms with Gasteiger partial charge in [-0.05, 0) is 82.8 Å². The minimum atomic E-state index is -4.38. The Bertz CT molecular complexity index is 1340. The first-order chi connectivity index (χ1) is 17.7. The lowest BCUT2D eigenvalue weighted by Crippen LogP contribution is -2.57. The van der Waals surface area contributed by atoms with E-state index in [9.17, 15) is 23.1 Å². The Labute approximate surface area is 227 Å². The zero-order valence-electron chi connectivity index (χ0n) is 21.6. The average molecular weight is 563 g/mol. The summed E-state index contributed by atoms with van der Waals surface area (Å²) >= 11 is 2.80. The van der Waals surface area contributed by atoms with Crippen molar-refractivity contribution in [2.24, 2.45) is 15.8 Å². The second kappa shape index (κ2) is 10.3. The molecule has 11 heteroatoms. The molecule has 1 aliphatic rings. The second-order valence-corrected chi connectivity index (χ2v) is 12.6. The summed E-state index contributed by atoms with van der Waals surface area (Å²) in [7, 11) is 0. The fraction of sp³-hybridized carbons (Fsp3) is 0.370. The van der Waals surface area contributed by atoms with Gasteiger partial charge >= 0.3 is 12.1 Å². The van der Waals surface area contributed by atoms with Crippen LogP contribution in [-0.2, 0) is 12.6 Å². The van der Waals surface area contributed by atoms with Gasteiger partial charge in [-0.1, -0.05) is 38.1 Å². The van der Waals surface area contributed by atoms with Gasteiger partial charge in [0.2, 0.25) is 0 Å². The summed E-state index contributed by atoms with van der Waals surface area (Å²) in [5.41, 5.74) is 8.27. The van der Waals surface area contributed by atoms with Crippen molar-refractivity contribution >= 4 is 29.1 Å². The monoisotopic (exact) mass is 562 g/mol. The number of carboxylic acid groups (broad SMARTS) is 1. The summed E-state index contributed by atoms with van der Waals surface area (Å²) in [6, 6.07) is 11.1. The molecule has 0 saturated carbocycles. The number of carbonyl (C=O) groups is 1. The third kappa shape index (κ3) is 5.74. The number of halogens is 3. The van der Waals surface area contributed by atoms with Crippen molar-refractivity contribution < 1.29 is 23.1 Å². The van der Waals surface area contributed by atoms with Gasteiger partial charge in [-0.3, -0.25) is 0 Å². The molecular formula is C27H29F3N4O2S2. The van der Waals surface area contributed by atoms with E-state index in [4.69, 9.17) is 0 Å². The zero-order valence-corrected chi connectivity index (χ0v) is 23.2. The maximum absolute atomic E-state index is 13.0. The summed E-state index contributed by atoms with van der Waals surface area (Å²) in [6.45, 7) is 10.2. The molecule has 1 aliphatic heterocycles. The number of aryl methyl sites for hydroxylation is 2. The molecule has 3 N–H and O–H groups in total. The van der Waals surface area contributed by atoms with Crippen molar-refractivity contribution in [3.05, 3.63) is 75.0 Å². The molecule has 2 unspecified atom stereocenters. The number of rotatable bonds is 7. The van der Waals surface area contributed by atoms with Crippen LogP contribution in [0.15, 0.2) is 63.1 Å². The highest BCUT2D eigenvalue weighted by Gasteiger charge is 2.49. The van der Waals surface area contributed by atoms with Gasteiger partial charge in [0.05, 0.1) is 10.8 Å². The SMILES string of the molecule is Cc1cc(SC(C(C)(C)C)C2(Cc3ccsc3C(=O)O)N=NNN2)cc(C)c1-c1ccc(C(F)(F)F)cc1. The van der Waals surface area contributed by atoms with Crippen LogP contribution in [0.4, 0.5) is 13.2 Å². The Balaban J connectivity index is 1.69. The van der Waals surface area contributed by atoms with E-state index >= 15 is 0 Å².